The van der Waals surface area contributed by atoms with E-state index in [0.717, 1.165) is 26.2 Å². The molecule has 1 N–H and O–H groups in total. The van der Waals surface area contributed by atoms with Gasteiger partial charge in [0.05, 0.1) is 0 Å². The van der Waals surface area contributed by atoms with Gasteiger partial charge in [0.15, 0.2) is 0 Å². The molecule has 0 radical (unpaired) electrons. The van der Waals surface area contributed by atoms with Crippen LogP contribution in [-0.4, -0.2) is 19.6 Å². The fourth-order valence-corrected chi connectivity index (χ4v) is 2.72. The van der Waals surface area contributed by atoms with Crippen LogP contribution in [-0.2, 0) is 6.54 Å². The summed E-state index contributed by atoms with van der Waals surface area (Å²) in [5.41, 5.74) is 4.19. The van der Waals surface area contributed by atoms with Crippen LogP contribution in [0.4, 0.5) is 5.69 Å². The molecule has 0 aromatic heterocycles. The summed E-state index contributed by atoms with van der Waals surface area (Å²) in [5.74, 6) is 1.36. The molecule has 1 rings (SSSR count). The van der Waals surface area contributed by atoms with E-state index < -0.39 is 0 Å². The van der Waals surface area contributed by atoms with E-state index >= 15 is 0 Å². The van der Waals surface area contributed by atoms with Gasteiger partial charge in [-0.15, -0.1) is 0 Å². The van der Waals surface area contributed by atoms with Crippen molar-refractivity contribution in [1.29, 1.82) is 0 Å². The Balaban J connectivity index is 2.98. The Morgan fingerprint density at radius 2 is 1.67 bits per heavy atom. The average Bonchev–Trinajstić information content (AvgIpc) is 2.37. The minimum absolute atomic E-state index is 0.682. The standard InChI is InChI=1S/C19H34N2/c1-7-10-20-12-18-11-17(6)8-9-19(18)21(13-15(2)3)14-16(4)5/h8-9,11,15-16,20H,7,10,12-14H2,1-6H3. The third-order valence-corrected chi connectivity index (χ3v) is 3.49. The summed E-state index contributed by atoms with van der Waals surface area (Å²) in [4.78, 5) is 2.57. The smallest absolute Gasteiger partial charge is 0.0412 e. The molecule has 0 atom stereocenters. The van der Waals surface area contributed by atoms with E-state index in [9.17, 15) is 0 Å². The zero-order valence-electron chi connectivity index (χ0n) is 14.9. The molecule has 0 spiro atoms. The summed E-state index contributed by atoms with van der Waals surface area (Å²) in [6.07, 6.45) is 1.18. The van der Waals surface area contributed by atoms with Crippen LogP contribution in [0.1, 0.15) is 52.2 Å². The summed E-state index contributed by atoms with van der Waals surface area (Å²) in [7, 11) is 0. The summed E-state index contributed by atoms with van der Waals surface area (Å²) >= 11 is 0. The predicted molar refractivity (Wildman–Crippen MR) is 95.1 cm³/mol. The van der Waals surface area contributed by atoms with E-state index in [1.165, 1.54) is 23.2 Å². The maximum atomic E-state index is 3.55. The van der Waals surface area contributed by atoms with Crippen molar-refractivity contribution in [3.63, 3.8) is 0 Å². The minimum atomic E-state index is 0.682. The second-order valence-corrected chi connectivity index (χ2v) is 7.00. The van der Waals surface area contributed by atoms with Gasteiger partial charge in [-0.05, 0) is 43.4 Å². The Morgan fingerprint density at radius 3 is 2.19 bits per heavy atom. The van der Waals surface area contributed by atoms with Crippen LogP contribution >= 0.6 is 0 Å². The topological polar surface area (TPSA) is 15.3 Å². The first-order valence-electron chi connectivity index (χ1n) is 8.49. The third-order valence-electron chi connectivity index (χ3n) is 3.49. The molecule has 120 valence electrons. The Labute approximate surface area is 131 Å². The molecule has 0 fully saturated rings. The molecule has 1 aromatic carbocycles. The van der Waals surface area contributed by atoms with Crippen LogP contribution in [0.2, 0.25) is 0 Å². The number of nitrogens with zero attached hydrogens (tertiary/aromatic N) is 1. The van der Waals surface area contributed by atoms with Crippen molar-refractivity contribution in [1.82, 2.24) is 5.32 Å². The van der Waals surface area contributed by atoms with Crippen molar-refractivity contribution in [2.45, 2.75) is 54.5 Å². The van der Waals surface area contributed by atoms with Crippen molar-refractivity contribution >= 4 is 5.69 Å². The molecule has 0 amide bonds. The first-order chi connectivity index (χ1) is 9.93. The maximum Gasteiger partial charge on any atom is 0.0412 e. The van der Waals surface area contributed by atoms with E-state index in [0.29, 0.717) is 11.8 Å². The molecule has 0 unspecified atom stereocenters. The lowest BCUT2D eigenvalue weighted by molar-refractivity contribution is 0.550. The van der Waals surface area contributed by atoms with E-state index in [1.807, 2.05) is 0 Å². The van der Waals surface area contributed by atoms with Crippen molar-refractivity contribution in [2.75, 3.05) is 24.5 Å². The van der Waals surface area contributed by atoms with Gasteiger partial charge in [0.1, 0.15) is 0 Å². The van der Waals surface area contributed by atoms with E-state index in [2.05, 4.69) is 70.0 Å². The second-order valence-electron chi connectivity index (χ2n) is 7.00. The van der Waals surface area contributed by atoms with Crippen molar-refractivity contribution in [3.05, 3.63) is 29.3 Å². The lowest BCUT2D eigenvalue weighted by atomic mass is 10.0. The summed E-state index contributed by atoms with van der Waals surface area (Å²) in [6.45, 7) is 17.9. The molecule has 0 aliphatic carbocycles. The highest BCUT2D eigenvalue weighted by Crippen LogP contribution is 2.24. The van der Waals surface area contributed by atoms with E-state index in [4.69, 9.17) is 0 Å². The number of rotatable bonds is 9. The molecule has 1 aromatic rings. The molecule has 0 aliphatic heterocycles. The first-order valence-corrected chi connectivity index (χ1v) is 8.49. The molecule has 0 saturated heterocycles. The van der Waals surface area contributed by atoms with Crippen LogP contribution in [0.25, 0.3) is 0 Å². The SMILES string of the molecule is CCCNCc1cc(C)ccc1N(CC(C)C)CC(C)C. The monoisotopic (exact) mass is 290 g/mol. The lowest BCUT2D eigenvalue weighted by Crippen LogP contribution is -2.32. The lowest BCUT2D eigenvalue weighted by Gasteiger charge is -2.31. The Morgan fingerprint density at radius 1 is 1.05 bits per heavy atom. The number of aryl methyl sites for hydroxylation is 1. The van der Waals surface area contributed by atoms with Gasteiger partial charge in [-0.1, -0.05) is 52.3 Å². The number of nitrogens with one attached hydrogen (secondary N) is 1. The largest absolute Gasteiger partial charge is 0.371 e. The summed E-state index contributed by atoms with van der Waals surface area (Å²) in [5, 5.41) is 3.55. The number of benzene rings is 1. The maximum absolute atomic E-state index is 3.55. The number of anilines is 1. The molecule has 2 heteroatoms. The number of hydrogen-bond acceptors (Lipinski definition) is 2. The van der Waals surface area contributed by atoms with Gasteiger partial charge < -0.3 is 10.2 Å². The summed E-state index contributed by atoms with van der Waals surface area (Å²) in [6, 6.07) is 6.89. The van der Waals surface area contributed by atoms with Gasteiger partial charge in [0.2, 0.25) is 0 Å². The van der Waals surface area contributed by atoms with Gasteiger partial charge in [-0.2, -0.15) is 0 Å². The minimum Gasteiger partial charge on any atom is -0.371 e. The highest BCUT2D eigenvalue weighted by atomic mass is 15.1. The average molecular weight is 290 g/mol. The zero-order chi connectivity index (χ0) is 15.8. The molecule has 0 bridgehead atoms. The van der Waals surface area contributed by atoms with Crippen LogP contribution in [0.3, 0.4) is 0 Å². The quantitative estimate of drug-likeness (QED) is 0.668. The first kappa shape index (κ1) is 18.0. The third kappa shape index (κ3) is 6.52. The van der Waals surface area contributed by atoms with Crippen LogP contribution in [0.15, 0.2) is 18.2 Å². The fraction of sp³-hybridized carbons (Fsp3) is 0.684. The van der Waals surface area contributed by atoms with Gasteiger partial charge >= 0.3 is 0 Å². The number of hydrogen-bond donors (Lipinski definition) is 1. The fourth-order valence-electron chi connectivity index (χ4n) is 2.72. The molecule has 2 nitrogen and oxygen atoms in total. The Bertz CT molecular complexity index is 400. The molecule has 21 heavy (non-hydrogen) atoms. The second kappa shape index (κ2) is 9.09. The highest BCUT2D eigenvalue weighted by Gasteiger charge is 2.14. The molecule has 0 heterocycles. The predicted octanol–water partition coefficient (Wildman–Crippen LogP) is 4.61. The van der Waals surface area contributed by atoms with Crippen molar-refractivity contribution < 1.29 is 0 Å². The summed E-state index contributed by atoms with van der Waals surface area (Å²) < 4.78 is 0. The molecular formula is C19H34N2. The van der Waals surface area contributed by atoms with E-state index in [1.54, 1.807) is 0 Å². The van der Waals surface area contributed by atoms with Crippen molar-refractivity contribution in [2.24, 2.45) is 11.8 Å². The molecule has 0 aliphatic rings. The molecular weight excluding hydrogens is 256 g/mol. The van der Waals surface area contributed by atoms with Gasteiger partial charge in [0.25, 0.3) is 0 Å². The zero-order valence-corrected chi connectivity index (χ0v) is 14.9. The molecule has 0 saturated carbocycles. The Hall–Kier alpha value is -1.02. The van der Waals surface area contributed by atoms with Crippen LogP contribution in [0.5, 0.6) is 0 Å². The van der Waals surface area contributed by atoms with Crippen molar-refractivity contribution in [3.8, 4) is 0 Å². The van der Waals surface area contributed by atoms with Gasteiger partial charge in [-0.25, -0.2) is 0 Å². The van der Waals surface area contributed by atoms with E-state index in [-0.39, 0.29) is 0 Å². The Kier molecular flexibility index (Phi) is 7.81. The van der Waals surface area contributed by atoms with Gasteiger partial charge in [0, 0.05) is 25.3 Å². The normalized spacial score (nSPS) is 11.4. The van der Waals surface area contributed by atoms with Crippen LogP contribution in [0, 0.1) is 18.8 Å². The highest BCUT2D eigenvalue weighted by molar-refractivity contribution is 5.55. The van der Waals surface area contributed by atoms with Crippen LogP contribution < -0.4 is 10.2 Å². The van der Waals surface area contributed by atoms with Gasteiger partial charge in [-0.3, -0.25) is 0 Å².